The SMILES string of the molecule is COc1ccc(CCNC(=O)N/C=C/c2cccc(OC)c2)cc1. The first-order chi connectivity index (χ1) is 11.7. The lowest BCUT2D eigenvalue weighted by atomic mass is 10.1. The van der Waals surface area contributed by atoms with Crippen LogP contribution in [0.15, 0.2) is 54.7 Å². The number of urea groups is 1. The van der Waals surface area contributed by atoms with E-state index in [9.17, 15) is 4.79 Å². The van der Waals surface area contributed by atoms with Gasteiger partial charge >= 0.3 is 6.03 Å². The molecule has 0 unspecified atom stereocenters. The zero-order valence-corrected chi connectivity index (χ0v) is 13.9. The number of hydrogen-bond acceptors (Lipinski definition) is 3. The van der Waals surface area contributed by atoms with Gasteiger partial charge in [0, 0.05) is 12.7 Å². The van der Waals surface area contributed by atoms with Crippen molar-refractivity contribution in [2.45, 2.75) is 6.42 Å². The Morgan fingerprint density at radius 2 is 1.79 bits per heavy atom. The summed E-state index contributed by atoms with van der Waals surface area (Å²) in [6, 6.07) is 15.1. The van der Waals surface area contributed by atoms with Gasteiger partial charge in [-0.3, -0.25) is 0 Å². The van der Waals surface area contributed by atoms with Crippen LogP contribution in [0.3, 0.4) is 0 Å². The number of carbonyl (C=O) groups excluding carboxylic acids is 1. The van der Waals surface area contributed by atoms with Gasteiger partial charge in [0.15, 0.2) is 0 Å². The Morgan fingerprint density at radius 3 is 2.50 bits per heavy atom. The van der Waals surface area contributed by atoms with Gasteiger partial charge in [-0.1, -0.05) is 24.3 Å². The third-order valence-electron chi connectivity index (χ3n) is 3.44. The summed E-state index contributed by atoms with van der Waals surface area (Å²) >= 11 is 0. The summed E-state index contributed by atoms with van der Waals surface area (Å²) in [6.45, 7) is 0.561. The maximum atomic E-state index is 11.7. The molecule has 0 radical (unpaired) electrons. The minimum atomic E-state index is -0.234. The highest BCUT2D eigenvalue weighted by Gasteiger charge is 1.98. The van der Waals surface area contributed by atoms with Gasteiger partial charge in [0.1, 0.15) is 11.5 Å². The highest BCUT2D eigenvalue weighted by molar-refractivity contribution is 5.75. The first-order valence-electron chi connectivity index (χ1n) is 7.69. The summed E-state index contributed by atoms with van der Waals surface area (Å²) in [6.07, 6.45) is 4.18. The molecule has 0 fully saturated rings. The molecule has 0 saturated heterocycles. The van der Waals surface area contributed by atoms with Crippen LogP contribution in [0.4, 0.5) is 4.79 Å². The van der Waals surface area contributed by atoms with E-state index in [-0.39, 0.29) is 6.03 Å². The second-order valence-electron chi connectivity index (χ2n) is 5.11. The molecule has 0 saturated carbocycles. The third kappa shape index (κ3) is 5.68. The van der Waals surface area contributed by atoms with Gasteiger partial charge in [0.05, 0.1) is 14.2 Å². The van der Waals surface area contributed by atoms with Crippen molar-refractivity contribution in [3.05, 3.63) is 65.9 Å². The minimum Gasteiger partial charge on any atom is -0.497 e. The molecule has 2 aromatic carbocycles. The Bertz CT molecular complexity index is 681. The van der Waals surface area contributed by atoms with Gasteiger partial charge in [-0.15, -0.1) is 0 Å². The smallest absolute Gasteiger partial charge is 0.318 e. The molecule has 0 aliphatic rings. The van der Waals surface area contributed by atoms with E-state index in [1.807, 2.05) is 54.6 Å². The molecule has 24 heavy (non-hydrogen) atoms. The molecule has 2 aromatic rings. The van der Waals surface area contributed by atoms with Gasteiger partial charge in [-0.05, 0) is 47.9 Å². The third-order valence-corrected chi connectivity index (χ3v) is 3.44. The monoisotopic (exact) mass is 326 g/mol. The van der Waals surface area contributed by atoms with Crippen molar-refractivity contribution < 1.29 is 14.3 Å². The van der Waals surface area contributed by atoms with Crippen LogP contribution in [0.2, 0.25) is 0 Å². The summed E-state index contributed by atoms with van der Waals surface area (Å²) in [7, 11) is 3.26. The first kappa shape index (κ1) is 17.4. The largest absolute Gasteiger partial charge is 0.497 e. The average molecular weight is 326 g/mol. The van der Waals surface area contributed by atoms with Crippen LogP contribution in [0.5, 0.6) is 11.5 Å². The molecule has 126 valence electrons. The van der Waals surface area contributed by atoms with Crippen LogP contribution in [0.25, 0.3) is 6.08 Å². The van der Waals surface area contributed by atoms with E-state index in [1.165, 1.54) is 0 Å². The van der Waals surface area contributed by atoms with Gasteiger partial charge in [-0.2, -0.15) is 0 Å². The van der Waals surface area contributed by atoms with Gasteiger partial charge < -0.3 is 20.1 Å². The fourth-order valence-corrected chi connectivity index (χ4v) is 2.12. The van der Waals surface area contributed by atoms with Crippen molar-refractivity contribution >= 4 is 12.1 Å². The van der Waals surface area contributed by atoms with Gasteiger partial charge in [0.25, 0.3) is 0 Å². The summed E-state index contributed by atoms with van der Waals surface area (Å²) in [5, 5.41) is 5.49. The van der Waals surface area contributed by atoms with Crippen molar-refractivity contribution in [1.29, 1.82) is 0 Å². The Kier molecular flexibility index (Phi) is 6.71. The van der Waals surface area contributed by atoms with Crippen LogP contribution in [-0.2, 0) is 6.42 Å². The molecule has 0 spiro atoms. The molecule has 2 N–H and O–H groups in total. The Balaban J connectivity index is 1.71. The van der Waals surface area contributed by atoms with E-state index in [2.05, 4.69) is 10.6 Å². The fourth-order valence-electron chi connectivity index (χ4n) is 2.12. The molecular weight excluding hydrogens is 304 g/mol. The molecule has 0 atom stereocenters. The lowest BCUT2D eigenvalue weighted by molar-refractivity contribution is 0.244. The predicted molar refractivity (Wildman–Crippen MR) is 95.3 cm³/mol. The molecule has 0 heterocycles. The minimum absolute atomic E-state index is 0.234. The number of rotatable bonds is 7. The molecule has 0 aliphatic heterocycles. The van der Waals surface area contributed by atoms with Crippen LogP contribution in [0, 0.1) is 0 Å². The number of carbonyl (C=O) groups is 1. The maximum absolute atomic E-state index is 11.7. The summed E-state index contributed by atoms with van der Waals surface area (Å²) in [5.74, 6) is 1.60. The normalized spacial score (nSPS) is 10.4. The maximum Gasteiger partial charge on any atom is 0.318 e. The van der Waals surface area contributed by atoms with E-state index in [0.29, 0.717) is 6.54 Å². The number of hydrogen-bond donors (Lipinski definition) is 2. The number of methoxy groups -OCH3 is 2. The van der Waals surface area contributed by atoms with Crippen LogP contribution in [-0.4, -0.2) is 26.8 Å². The lowest BCUT2D eigenvalue weighted by Gasteiger charge is -2.06. The zero-order chi connectivity index (χ0) is 17.2. The molecular formula is C19H22N2O3. The van der Waals surface area contributed by atoms with Crippen LogP contribution >= 0.6 is 0 Å². The number of ether oxygens (including phenoxy) is 2. The number of benzene rings is 2. The van der Waals surface area contributed by atoms with Gasteiger partial charge in [0.2, 0.25) is 0 Å². The Hall–Kier alpha value is -2.95. The molecule has 5 nitrogen and oxygen atoms in total. The average Bonchev–Trinajstić information content (AvgIpc) is 2.62. The number of amides is 2. The molecule has 0 aliphatic carbocycles. The van der Waals surface area contributed by atoms with Crippen LogP contribution in [0.1, 0.15) is 11.1 Å². The highest BCUT2D eigenvalue weighted by atomic mass is 16.5. The van der Waals surface area contributed by atoms with Crippen LogP contribution < -0.4 is 20.1 Å². The topological polar surface area (TPSA) is 59.6 Å². The number of nitrogens with one attached hydrogen (secondary N) is 2. The second-order valence-corrected chi connectivity index (χ2v) is 5.11. The molecule has 2 amide bonds. The quantitative estimate of drug-likeness (QED) is 0.821. The first-order valence-corrected chi connectivity index (χ1v) is 7.69. The second kappa shape index (κ2) is 9.25. The van der Waals surface area contributed by atoms with Crippen molar-refractivity contribution in [3.8, 4) is 11.5 Å². The summed E-state index contributed by atoms with van der Waals surface area (Å²) in [4.78, 5) is 11.7. The molecule has 0 aromatic heterocycles. The van der Waals surface area contributed by atoms with Crippen molar-refractivity contribution in [1.82, 2.24) is 10.6 Å². The van der Waals surface area contributed by atoms with E-state index in [4.69, 9.17) is 9.47 Å². The fraction of sp³-hybridized carbons (Fsp3) is 0.211. The van der Waals surface area contributed by atoms with E-state index in [1.54, 1.807) is 20.4 Å². The highest BCUT2D eigenvalue weighted by Crippen LogP contribution is 2.13. The Morgan fingerprint density at radius 1 is 1.04 bits per heavy atom. The summed E-state index contributed by atoms with van der Waals surface area (Å²) < 4.78 is 10.3. The van der Waals surface area contributed by atoms with Crippen molar-refractivity contribution in [2.24, 2.45) is 0 Å². The lowest BCUT2D eigenvalue weighted by Crippen LogP contribution is -2.33. The Labute approximate surface area is 142 Å². The zero-order valence-electron chi connectivity index (χ0n) is 13.9. The molecule has 0 bridgehead atoms. The predicted octanol–water partition coefficient (Wildman–Crippen LogP) is 3.22. The van der Waals surface area contributed by atoms with Crippen molar-refractivity contribution in [2.75, 3.05) is 20.8 Å². The van der Waals surface area contributed by atoms with E-state index < -0.39 is 0 Å². The summed E-state index contributed by atoms with van der Waals surface area (Å²) in [5.41, 5.74) is 2.09. The molecule has 2 rings (SSSR count). The molecule has 5 heteroatoms. The van der Waals surface area contributed by atoms with Crippen molar-refractivity contribution in [3.63, 3.8) is 0 Å². The standard InChI is InChI=1S/C19H22N2O3/c1-23-17-8-6-15(7-9-17)10-12-20-19(22)21-13-11-16-4-3-5-18(14-16)24-2/h3-9,11,13-14H,10,12H2,1-2H3,(H2,20,21,22)/b13-11+. The van der Waals surface area contributed by atoms with E-state index >= 15 is 0 Å². The van der Waals surface area contributed by atoms with Gasteiger partial charge in [-0.25, -0.2) is 4.79 Å². The van der Waals surface area contributed by atoms with E-state index in [0.717, 1.165) is 29.0 Å².